The smallest absolute Gasteiger partial charge is 0.253 e. The standard InChI is InChI=1S/C13H18F11N/c1-2-3-4-5-6-7-8-25-13(23,24)11(18,19)9(14,15)10(16,17)12(20,21)22/h25H,2-8H2,1H3. The van der Waals surface area contributed by atoms with E-state index in [1.54, 1.807) is 0 Å². The summed E-state index contributed by atoms with van der Waals surface area (Å²) in [5.74, 6) is -21.7. The fourth-order valence-electron chi connectivity index (χ4n) is 1.83. The number of hydrogen-bond acceptors (Lipinski definition) is 1. The minimum Gasteiger partial charge on any atom is -0.253 e. The van der Waals surface area contributed by atoms with E-state index < -0.39 is 36.5 Å². The molecule has 152 valence electrons. The third kappa shape index (κ3) is 5.10. The number of rotatable bonds is 11. The summed E-state index contributed by atoms with van der Waals surface area (Å²) in [5.41, 5.74) is 0. The molecule has 0 saturated carbocycles. The van der Waals surface area contributed by atoms with Crippen LogP contribution in [0.4, 0.5) is 48.3 Å². The zero-order valence-corrected chi connectivity index (χ0v) is 13.1. The molecule has 0 saturated heterocycles. The van der Waals surface area contributed by atoms with Crippen LogP contribution < -0.4 is 5.32 Å². The maximum atomic E-state index is 13.2. The minimum atomic E-state index is -7.35. The Morgan fingerprint density at radius 3 is 1.44 bits per heavy atom. The van der Waals surface area contributed by atoms with Crippen LogP contribution in [0.2, 0.25) is 0 Å². The van der Waals surface area contributed by atoms with Crippen LogP contribution in [-0.2, 0) is 0 Å². The summed E-state index contributed by atoms with van der Waals surface area (Å²) in [6, 6.07) is -5.96. The highest BCUT2D eigenvalue weighted by Crippen LogP contribution is 2.56. The molecule has 0 rings (SSSR count). The monoisotopic (exact) mass is 397 g/mol. The highest BCUT2D eigenvalue weighted by Gasteiger charge is 2.87. The SMILES string of the molecule is CCCCCCCCNC(F)(F)C(F)(F)C(F)(F)C(F)(F)C(F)(F)F. The third-order valence-corrected chi connectivity index (χ3v) is 3.42. The van der Waals surface area contributed by atoms with E-state index in [9.17, 15) is 48.3 Å². The van der Waals surface area contributed by atoms with Crippen molar-refractivity contribution in [3.63, 3.8) is 0 Å². The van der Waals surface area contributed by atoms with E-state index in [0.717, 1.165) is 19.3 Å². The first-order chi connectivity index (χ1) is 11.1. The van der Waals surface area contributed by atoms with Crippen molar-refractivity contribution in [1.29, 1.82) is 0 Å². The quantitative estimate of drug-likeness (QED) is 0.256. The molecule has 1 nitrogen and oxygen atoms in total. The van der Waals surface area contributed by atoms with Crippen LogP contribution in [0.3, 0.4) is 0 Å². The average molecular weight is 397 g/mol. The van der Waals surface area contributed by atoms with Crippen LogP contribution >= 0.6 is 0 Å². The van der Waals surface area contributed by atoms with E-state index in [1.165, 1.54) is 0 Å². The summed E-state index contributed by atoms with van der Waals surface area (Å²) in [6.07, 6.45) is -4.07. The van der Waals surface area contributed by atoms with Gasteiger partial charge in [-0.2, -0.15) is 48.3 Å². The molecule has 0 radical (unpaired) electrons. The van der Waals surface area contributed by atoms with E-state index in [-0.39, 0.29) is 12.8 Å². The van der Waals surface area contributed by atoms with E-state index >= 15 is 0 Å². The molecule has 0 heterocycles. The van der Waals surface area contributed by atoms with Gasteiger partial charge in [0, 0.05) is 6.54 Å². The molecule has 0 fully saturated rings. The second-order valence-corrected chi connectivity index (χ2v) is 5.49. The number of halogens is 11. The highest BCUT2D eigenvalue weighted by molar-refractivity contribution is 5.05. The molecule has 0 aromatic heterocycles. The van der Waals surface area contributed by atoms with Gasteiger partial charge in [-0.15, -0.1) is 0 Å². The molecule has 25 heavy (non-hydrogen) atoms. The Morgan fingerprint density at radius 1 is 0.560 bits per heavy atom. The van der Waals surface area contributed by atoms with E-state index in [2.05, 4.69) is 0 Å². The van der Waals surface area contributed by atoms with Gasteiger partial charge < -0.3 is 0 Å². The molecule has 12 heteroatoms. The lowest BCUT2D eigenvalue weighted by molar-refractivity contribution is -0.425. The molecular weight excluding hydrogens is 379 g/mol. The first-order valence-electron chi connectivity index (χ1n) is 7.39. The predicted molar refractivity (Wildman–Crippen MR) is 67.2 cm³/mol. The first-order valence-corrected chi connectivity index (χ1v) is 7.39. The van der Waals surface area contributed by atoms with Gasteiger partial charge in [0.15, 0.2) is 0 Å². The number of alkyl halides is 11. The molecular formula is C13H18F11N. The summed E-state index contributed by atoms with van der Waals surface area (Å²) >= 11 is 0. The van der Waals surface area contributed by atoms with Crippen molar-refractivity contribution in [1.82, 2.24) is 5.32 Å². The van der Waals surface area contributed by atoms with Gasteiger partial charge in [-0.1, -0.05) is 39.0 Å². The van der Waals surface area contributed by atoms with Crippen LogP contribution in [-0.4, -0.2) is 36.5 Å². The van der Waals surface area contributed by atoms with Gasteiger partial charge in [-0.25, -0.2) is 0 Å². The molecule has 0 aromatic carbocycles. The number of unbranched alkanes of at least 4 members (excludes halogenated alkanes) is 5. The highest BCUT2D eigenvalue weighted by atomic mass is 19.4. The zero-order valence-electron chi connectivity index (χ0n) is 13.1. The molecule has 0 spiro atoms. The predicted octanol–water partition coefficient (Wildman–Crippen LogP) is 6.00. The van der Waals surface area contributed by atoms with Crippen LogP contribution in [0, 0.1) is 0 Å². The summed E-state index contributed by atoms with van der Waals surface area (Å²) in [7, 11) is 0. The first kappa shape index (κ1) is 24.2. The second kappa shape index (κ2) is 8.26. The van der Waals surface area contributed by atoms with Crippen molar-refractivity contribution in [2.75, 3.05) is 6.54 Å². The van der Waals surface area contributed by atoms with Crippen LogP contribution in [0.5, 0.6) is 0 Å². The Bertz CT molecular complexity index is 403. The topological polar surface area (TPSA) is 12.0 Å². The fraction of sp³-hybridized carbons (Fsp3) is 1.00. The molecule has 0 unspecified atom stereocenters. The summed E-state index contributed by atoms with van der Waals surface area (Å²) in [5, 5.41) is 0.656. The second-order valence-electron chi connectivity index (χ2n) is 5.49. The van der Waals surface area contributed by atoms with Crippen LogP contribution in [0.15, 0.2) is 0 Å². The zero-order chi connectivity index (χ0) is 20.2. The van der Waals surface area contributed by atoms with Gasteiger partial charge in [-0.05, 0) is 6.42 Å². The Balaban J connectivity index is 4.97. The van der Waals surface area contributed by atoms with E-state index in [4.69, 9.17) is 0 Å². The molecule has 0 aromatic rings. The molecule has 0 aliphatic carbocycles. The fourth-order valence-corrected chi connectivity index (χ4v) is 1.83. The van der Waals surface area contributed by atoms with Crippen molar-refractivity contribution in [2.45, 2.75) is 75.4 Å². The lowest BCUT2D eigenvalue weighted by Crippen LogP contribution is -2.69. The van der Waals surface area contributed by atoms with Gasteiger partial charge in [0.25, 0.3) is 0 Å². The summed E-state index contributed by atoms with van der Waals surface area (Å²) in [6.45, 7) is 0.934. The van der Waals surface area contributed by atoms with E-state index in [0.29, 0.717) is 11.7 Å². The Hall–Kier alpha value is -0.810. The summed E-state index contributed by atoms with van der Waals surface area (Å²) in [4.78, 5) is 0. The number of nitrogens with one attached hydrogen (secondary N) is 1. The van der Waals surface area contributed by atoms with Crippen molar-refractivity contribution < 1.29 is 48.3 Å². The van der Waals surface area contributed by atoms with Crippen molar-refractivity contribution in [3.05, 3.63) is 0 Å². The van der Waals surface area contributed by atoms with Gasteiger partial charge in [-0.3, -0.25) is 5.32 Å². The van der Waals surface area contributed by atoms with Crippen LogP contribution in [0.25, 0.3) is 0 Å². The molecule has 0 amide bonds. The maximum absolute atomic E-state index is 13.2. The lowest BCUT2D eigenvalue weighted by Gasteiger charge is -2.37. The molecule has 0 aliphatic rings. The Kier molecular flexibility index (Phi) is 7.99. The minimum absolute atomic E-state index is 0.170. The third-order valence-electron chi connectivity index (χ3n) is 3.42. The van der Waals surface area contributed by atoms with Gasteiger partial charge in [0.05, 0.1) is 0 Å². The average Bonchev–Trinajstić information content (AvgIpc) is 2.44. The molecule has 0 atom stereocenters. The molecule has 0 aliphatic heterocycles. The van der Waals surface area contributed by atoms with Gasteiger partial charge >= 0.3 is 30.0 Å². The lowest BCUT2D eigenvalue weighted by atomic mass is 10.0. The molecule has 0 bridgehead atoms. The Morgan fingerprint density at radius 2 is 1.00 bits per heavy atom. The van der Waals surface area contributed by atoms with Gasteiger partial charge in [0.1, 0.15) is 0 Å². The van der Waals surface area contributed by atoms with E-state index in [1.807, 2.05) is 6.92 Å². The largest absolute Gasteiger partial charge is 0.460 e. The van der Waals surface area contributed by atoms with Crippen molar-refractivity contribution >= 4 is 0 Å². The Labute approximate surface area is 136 Å². The van der Waals surface area contributed by atoms with Crippen molar-refractivity contribution in [2.24, 2.45) is 0 Å². The number of hydrogen-bond donors (Lipinski definition) is 1. The summed E-state index contributed by atoms with van der Waals surface area (Å²) < 4.78 is 139. The maximum Gasteiger partial charge on any atom is 0.460 e. The normalized spacial score (nSPS) is 14.9. The van der Waals surface area contributed by atoms with Crippen molar-refractivity contribution in [3.8, 4) is 0 Å². The van der Waals surface area contributed by atoms with Gasteiger partial charge in [0.2, 0.25) is 0 Å². The van der Waals surface area contributed by atoms with Crippen LogP contribution in [0.1, 0.15) is 45.4 Å². The molecule has 1 N–H and O–H groups in total.